The third kappa shape index (κ3) is 2.68. The van der Waals surface area contributed by atoms with Crippen molar-refractivity contribution in [3.8, 4) is 0 Å². The number of hydrogen-bond acceptors (Lipinski definition) is 4. The molecule has 0 amide bonds. The lowest BCUT2D eigenvalue weighted by molar-refractivity contribution is 0.492. The third-order valence-electron chi connectivity index (χ3n) is 4.89. The van der Waals surface area contributed by atoms with E-state index in [9.17, 15) is 0 Å². The van der Waals surface area contributed by atoms with Gasteiger partial charge in [-0.3, -0.25) is 0 Å². The van der Waals surface area contributed by atoms with Gasteiger partial charge < -0.3 is 10.2 Å². The summed E-state index contributed by atoms with van der Waals surface area (Å²) in [6.45, 7) is 2.93. The van der Waals surface area contributed by atoms with Gasteiger partial charge in [-0.25, -0.2) is 4.98 Å². The number of nitrogens with one attached hydrogen (secondary N) is 1. The molecule has 2 aromatic heterocycles. The van der Waals surface area contributed by atoms with Crippen LogP contribution in [0.1, 0.15) is 10.9 Å². The molecule has 0 bridgehead atoms. The van der Waals surface area contributed by atoms with Gasteiger partial charge in [0.25, 0.3) is 0 Å². The van der Waals surface area contributed by atoms with E-state index >= 15 is 0 Å². The number of benzene rings is 2. The molecule has 1 aliphatic rings. The van der Waals surface area contributed by atoms with E-state index < -0.39 is 0 Å². The van der Waals surface area contributed by atoms with Crippen LogP contribution in [0.4, 0.5) is 5.82 Å². The topological polar surface area (TPSA) is 28.2 Å². The number of pyridine rings is 1. The third-order valence-corrected chi connectivity index (χ3v) is 6.11. The van der Waals surface area contributed by atoms with E-state index in [4.69, 9.17) is 4.98 Å². The number of piperazine rings is 1. The first-order valence-corrected chi connectivity index (χ1v) is 9.52. The summed E-state index contributed by atoms with van der Waals surface area (Å²) in [5, 5.41) is 6.08. The number of hydrogen-bond donors (Lipinski definition) is 1. The minimum atomic E-state index is 0.333. The molecule has 1 unspecified atom stereocenters. The van der Waals surface area contributed by atoms with Crippen molar-refractivity contribution in [3.05, 3.63) is 71.6 Å². The fourth-order valence-electron chi connectivity index (χ4n) is 3.61. The van der Waals surface area contributed by atoms with Gasteiger partial charge in [0.05, 0.1) is 11.6 Å². The van der Waals surface area contributed by atoms with Crippen molar-refractivity contribution < 1.29 is 0 Å². The van der Waals surface area contributed by atoms with Crippen LogP contribution in [0, 0.1) is 0 Å². The van der Waals surface area contributed by atoms with Crippen LogP contribution in [-0.4, -0.2) is 24.6 Å². The van der Waals surface area contributed by atoms with Crippen LogP contribution in [0.25, 0.3) is 21.0 Å². The summed E-state index contributed by atoms with van der Waals surface area (Å²) in [5.41, 5.74) is 1.06. The maximum absolute atomic E-state index is 4.93. The first-order chi connectivity index (χ1) is 12.4. The molecule has 3 nitrogen and oxygen atoms in total. The number of aromatic nitrogens is 1. The van der Waals surface area contributed by atoms with Gasteiger partial charge in [0, 0.05) is 34.6 Å². The lowest BCUT2D eigenvalue weighted by atomic mass is 10.1. The zero-order valence-corrected chi connectivity index (χ0v) is 14.7. The molecular formula is C21H19N3S. The molecule has 0 aliphatic carbocycles. The van der Waals surface area contributed by atoms with E-state index in [0.29, 0.717) is 6.04 Å². The molecule has 0 radical (unpaired) electrons. The second-order valence-corrected chi connectivity index (χ2v) is 7.58. The Labute approximate surface area is 150 Å². The predicted molar refractivity (Wildman–Crippen MR) is 107 cm³/mol. The zero-order valence-electron chi connectivity index (χ0n) is 13.9. The highest BCUT2D eigenvalue weighted by Crippen LogP contribution is 2.35. The summed E-state index contributed by atoms with van der Waals surface area (Å²) in [6, 6.07) is 24.0. The molecule has 1 aliphatic heterocycles. The number of anilines is 1. The predicted octanol–water partition coefficient (Wildman–Crippen LogP) is 4.60. The van der Waals surface area contributed by atoms with Crippen molar-refractivity contribution in [2.75, 3.05) is 24.5 Å². The van der Waals surface area contributed by atoms with Crippen molar-refractivity contribution in [1.29, 1.82) is 0 Å². The lowest BCUT2D eigenvalue weighted by Gasteiger charge is -2.36. The van der Waals surface area contributed by atoms with Gasteiger partial charge in [-0.1, -0.05) is 36.4 Å². The highest BCUT2D eigenvalue weighted by Gasteiger charge is 2.26. The highest BCUT2D eigenvalue weighted by molar-refractivity contribution is 7.19. The van der Waals surface area contributed by atoms with Crippen LogP contribution in [0.3, 0.4) is 0 Å². The summed E-state index contributed by atoms with van der Waals surface area (Å²) in [6.07, 6.45) is 0. The van der Waals surface area contributed by atoms with Gasteiger partial charge in [0.2, 0.25) is 0 Å². The normalized spacial score (nSPS) is 18.1. The van der Waals surface area contributed by atoms with Gasteiger partial charge in [0.1, 0.15) is 5.82 Å². The van der Waals surface area contributed by atoms with Crippen molar-refractivity contribution in [3.63, 3.8) is 0 Å². The monoisotopic (exact) mass is 345 g/mol. The Morgan fingerprint density at radius 1 is 0.960 bits per heavy atom. The summed E-state index contributed by atoms with van der Waals surface area (Å²) in [5.74, 6) is 1.07. The first-order valence-electron chi connectivity index (χ1n) is 8.70. The van der Waals surface area contributed by atoms with Gasteiger partial charge in [-0.2, -0.15) is 0 Å². The average molecular weight is 345 g/mol. The molecule has 3 heterocycles. The van der Waals surface area contributed by atoms with E-state index in [0.717, 1.165) is 31.0 Å². The molecule has 25 heavy (non-hydrogen) atoms. The van der Waals surface area contributed by atoms with Crippen LogP contribution in [0.15, 0.2) is 66.7 Å². The van der Waals surface area contributed by atoms with Crippen molar-refractivity contribution in [2.24, 2.45) is 0 Å². The number of thiophene rings is 1. The minimum Gasteiger partial charge on any atom is -0.346 e. The van der Waals surface area contributed by atoms with Crippen molar-refractivity contribution >= 4 is 38.1 Å². The van der Waals surface area contributed by atoms with E-state index in [1.807, 2.05) is 11.3 Å². The Kier molecular flexibility index (Phi) is 3.65. The second-order valence-electron chi connectivity index (χ2n) is 6.46. The lowest BCUT2D eigenvalue weighted by Crippen LogP contribution is -2.46. The van der Waals surface area contributed by atoms with Crippen LogP contribution >= 0.6 is 11.3 Å². The standard InChI is InChI=1S/C21H19N3S/c1-3-7-17-15(5-1)9-10-21(23-17)24-12-11-22-14-18(24)20-13-16-6-2-4-8-19(16)25-20/h1-10,13,18,22H,11-12,14H2. The molecule has 1 saturated heterocycles. The smallest absolute Gasteiger partial charge is 0.129 e. The van der Waals surface area contributed by atoms with Crippen LogP contribution in [0.2, 0.25) is 0 Å². The number of nitrogens with zero attached hydrogens (tertiary/aromatic N) is 2. The summed E-state index contributed by atoms with van der Waals surface area (Å²) >= 11 is 1.90. The molecule has 1 atom stereocenters. The van der Waals surface area contributed by atoms with Gasteiger partial charge in [-0.05, 0) is 35.7 Å². The summed E-state index contributed by atoms with van der Waals surface area (Å²) in [4.78, 5) is 8.79. The van der Waals surface area contributed by atoms with Gasteiger partial charge in [-0.15, -0.1) is 11.3 Å². The SMILES string of the molecule is c1ccc2nc(N3CCNCC3c3cc4ccccc4s3)ccc2c1. The van der Waals surface area contributed by atoms with Crippen LogP contribution in [0.5, 0.6) is 0 Å². The van der Waals surface area contributed by atoms with Gasteiger partial charge in [0.15, 0.2) is 0 Å². The first kappa shape index (κ1) is 14.9. The zero-order chi connectivity index (χ0) is 16.6. The quantitative estimate of drug-likeness (QED) is 0.575. The summed E-state index contributed by atoms with van der Waals surface area (Å²) < 4.78 is 1.36. The molecule has 2 aromatic carbocycles. The minimum absolute atomic E-state index is 0.333. The maximum atomic E-state index is 4.93. The fraction of sp³-hybridized carbons (Fsp3) is 0.190. The molecule has 5 rings (SSSR count). The highest BCUT2D eigenvalue weighted by atomic mass is 32.1. The number of fused-ring (bicyclic) bond motifs is 2. The van der Waals surface area contributed by atoms with E-state index in [-0.39, 0.29) is 0 Å². The Morgan fingerprint density at radius 3 is 2.72 bits per heavy atom. The average Bonchev–Trinajstić information content (AvgIpc) is 3.12. The van der Waals surface area contributed by atoms with Crippen molar-refractivity contribution in [2.45, 2.75) is 6.04 Å². The molecule has 124 valence electrons. The molecular weight excluding hydrogens is 326 g/mol. The molecule has 1 fully saturated rings. The Balaban J connectivity index is 1.57. The maximum Gasteiger partial charge on any atom is 0.129 e. The van der Waals surface area contributed by atoms with E-state index in [1.165, 1.54) is 20.3 Å². The van der Waals surface area contributed by atoms with Crippen LogP contribution < -0.4 is 10.2 Å². The Morgan fingerprint density at radius 2 is 1.80 bits per heavy atom. The van der Waals surface area contributed by atoms with Gasteiger partial charge >= 0.3 is 0 Å². The molecule has 1 N–H and O–H groups in total. The molecule has 4 heteroatoms. The van der Waals surface area contributed by atoms with Crippen molar-refractivity contribution in [1.82, 2.24) is 10.3 Å². The number of rotatable bonds is 2. The van der Waals surface area contributed by atoms with E-state index in [2.05, 4.69) is 76.9 Å². The largest absolute Gasteiger partial charge is 0.346 e. The Bertz CT molecular complexity index is 1010. The fourth-order valence-corrected chi connectivity index (χ4v) is 4.79. The second kappa shape index (κ2) is 6.14. The van der Waals surface area contributed by atoms with E-state index in [1.54, 1.807) is 0 Å². The molecule has 0 saturated carbocycles. The summed E-state index contributed by atoms with van der Waals surface area (Å²) in [7, 11) is 0. The van der Waals surface area contributed by atoms with Crippen LogP contribution in [-0.2, 0) is 0 Å². The molecule has 0 spiro atoms. The number of para-hydroxylation sites is 1. The molecule has 4 aromatic rings. The Hall–Kier alpha value is -2.43.